The van der Waals surface area contributed by atoms with Gasteiger partial charge < -0.3 is 5.32 Å². The predicted molar refractivity (Wildman–Crippen MR) is 141 cm³/mol. The maximum atomic E-state index is 14.8. The molecule has 3 aromatic rings. The van der Waals surface area contributed by atoms with E-state index in [2.05, 4.69) is 5.32 Å². The van der Waals surface area contributed by atoms with Gasteiger partial charge in [-0.2, -0.15) is 0 Å². The summed E-state index contributed by atoms with van der Waals surface area (Å²) in [4.78, 5) is 37.3. The molecule has 1 saturated carbocycles. The van der Waals surface area contributed by atoms with Gasteiger partial charge in [0.25, 0.3) is 6.43 Å². The average molecular weight is 621 g/mol. The third kappa shape index (κ3) is 6.24. The highest BCUT2D eigenvalue weighted by Gasteiger charge is 2.67. The molecule has 1 N–H and O–H groups in total. The molecule has 1 amide bonds. The number of rotatable bonds is 9. The summed E-state index contributed by atoms with van der Waals surface area (Å²) in [5.74, 6) is -6.71. The summed E-state index contributed by atoms with van der Waals surface area (Å²) in [6.07, 6.45) is -5.19. The average Bonchev–Trinajstić information content (AvgIpc) is 3.46. The molecule has 0 spiro atoms. The van der Waals surface area contributed by atoms with Gasteiger partial charge in [-0.3, -0.25) is 14.4 Å². The molecule has 3 aromatic carbocycles. The molecule has 0 saturated heterocycles. The van der Waals surface area contributed by atoms with Gasteiger partial charge in [0.15, 0.2) is 5.78 Å². The zero-order valence-electron chi connectivity index (χ0n) is 19.6. The number of carbonyl (C=O) groups excluding carboxylic acids is 3. The van der Waals surface area contributed by atoms with Crippen molar-refractivity contribution >= 4 is 69.6 Å². The fourth-order valence-electron chi connectivity index (χ4n) is 4.27. The van der Waals surface area contributed by atoms with E-state index in [9.17, 15) is 31.9 Å². The fourth-order valence-corrected chi connectivity index (χ4v) is 5.52. The summed E-state index contributed by atoms with van der Waals surface area (Å²) < 4.78 is 52.7. The van der Waals surface area contributed by atoms with Crippen LogP contribution in [0.3, 0.4) is 0 Å². The first-order valence-electron chi connectivity index (χ1n) is 11.3. The van der Waals surface area contributed by atoms with Gasteiger partial charge in [0.2, 0.25) is 11.7 Å². The van der Waals surface area contributed by atoms with Gasteiger partial charge in [-0.15, -0.1) is 23.2 Å². The SMILES string of the molecule is O=C(Cc1ccc(F)c(CC(=O)C(F)F)c1F)c1cc(NC(=O)C2C(c3cccc(Cl)c3)C2(Cl)Cl)ccc1Cl. The molecule has 0 radical (unpaired) electrons. The van der Waals surface area contributed by atoms with Gasteiger partial charge >= 0.3 is 0 Å². The van der Waals surface area contributed by atoms with Crippen molar-refractivity contribution in [3.05, 3.63) is 98.5 Å². The second-order valence-electron chi connectivity index (χ2n) is 8.91. The van der Waals surface area contributed by atoms with Crippen LogP contribution in [0.2, 0.25) is 10.0 Å². The van der Waals surface area contributed by atoms with Crippen LogP contribution in [0.25, 0.3) is 0 Å². The molecule has 2 unspecified atom stereocenters. The number of hydrogen-bond acceptors (Lipinski definition) is 3. The Hall–Kier alpha value is -2.65. The van der Waals surface area contributed by atoms with Crippen molar-refractivity contribution in [2.75, 3.05) is 5.32 Å². The van der Waals surface area contributed by atoms with Gasteiger partial charge in [-0.05, 0) is 47.5 Å². The monoisotopic (exact) mass is 619 g/mol. The van der Waals surface area contributed by atoms with Crippen molar-refractivity contribution in [1.82, 2.24) is 0 Å². The summed E-state index contributed by atoms with van der Waals surface area (Å²) in [6, 6.07) is 12.6. The summed E-state index contributed by atoms with van der Waals surface area (Å²) in [5, 5.41) is 3.08. The molecule has 4 rings (SSSR count). The molecule has 2 atom stereocenters. The summed E-state index contributed by atoms with van der Waals surface area (Å²) in [7, 11) is 0. The molecule has 204 valence electrons. The number of anilines is 1. The van der Waals surface area contributed by atoms with E-state index in [1.165, 1.54) is 18.2 Å². The Bertz CT molecular complexity index is 1480. The molecule has 1 aliphatic carbocycles. The number of hydrogen-bond donors (Lipinski definition) is 1. The molecule has 0 bridgehead atoms. The fraction of sp³-hybridized carbons (Fsp3) is 0.222. The first-order chi connectivity index (χ1) is 18.3. The molecule has 0 aromatic heterocycles. The van der Waals surface area contributed by atoms with Crippen molar-refractivity contribution < 1.29 is 31.9 Å². The standard InChI is InChI=1S/C27H17Cl4F4NO3/c28-14-3-1-2-12(8-14)22-23(27(22,30)31)26(39)36-15-5-6-18(29)16(10-15)20(37)9-13-4-7-19(32)17(24(13)33)11-21(38)25(34)35/h1-8,10,22-23,25H,9,11H2,(H,36,39). The van der Waals surface area contributed by atoms with E-state index in [4.69, 9.17) is 46.4 Å². The Kier molecular flexibility index (Phi) is 8.61. The van der Waals surface area contributed by atoms with Crippen LogP contribution in [0, 0.1) is 17.6 Å². The molecule has 39 heavy (non-hydrogen) atoms. The van der Waals surface area contributed by atoms with E-state index in [0.29, 0.717) is 10.6 Å². The molecular weight excluding hydrogens is 604 g/mol. The lowest BCUT2D eigenvalue weighted by Crippen LogP contribution is -2.18. The van der Waals surface area contributed by atoms with Crippen LogP contribution in [-0.4, -0.2) is 28.2 Å². The highest BCUT2D eigenvalue weighted by Crippen LogP contribution is 2.65. The number of nitrogens with one attached hydrogen (secondary N) is 1. The first kappa shape index (κ1) is 29.3. The molecule has 0 heterocycles. The van der Waals surface area contributed by atoms with Crippen LogP contribution in [0.4, 0.5) is 23.2 Å². The molecule has 1 fully saturated rings. The van der Waals surface area contributed by atoms with Crippen LogP contribution >= 0.6 is 46.4 Å². The molecular formula is C27H17Cl4F4NO3. The van der Waals surface area contributed by atoms with Gasteiger partial charge in [0.05, 0.1) is 10.9 Å². The maximum Gasteiger partial charge on any atom is 0.296 e. The second kappa shape index (κ2) is 11.5. The lowest BCUT2D eigenvalue weighted by Gasteiger charge is -2.11. The lowest BCUT2D eigenvalue weighted by atomic mass is 9.98. The summed E-state index contributed by atoms with van der Waals surface area (Å²) >= 11 is 24.9. The minimum atomic E-state index is -3.40. The number of amides is 1. The summed E-state index contributed by atoms with van der Waals surface area (Å²) in [5.41, 5.74) is -0.414. The zero-order valence-corrected chi connectivity index (χ0v) is 22.6. The number of ketones is 2. The first-order valence-corrected chi connectivity index (χ1v) is 12.9. The minimum Gasteiger partial charge on any atom is -0.326 e. The number of alkyl halides is 4. The van der Waals surface area contributed by atoms with Crippen LogP contribution in [-0.2, 0) is 22.4 Å². The third-order valence-corrected chi connectivity index (χ3v) is 7.79. The van der Waals surface area contributed by atoms with E-state index in [1.54, 1.807) is 24.3 Å². The van der Waals surface area contributed by atoms with Gasteiger partial charge in [0, 0.05) is 40.6 Å². The van der Waals surface area contributed by atoms with Crippen LogP contribution in [0.15, 0.2) is 54.6 Å². The van der Waals surface area contributed by atoms with Gasteiger partial charge in [-0.1, -0.05) is 41.4 Å². The largest absolute Gasteiger partial charge is 0.326 e. The minimum absolute atomic E-state index is 0.0131. The van der Waals surface area contributed by atoms with Gasteiger partial charge in [-0.25, -0.2) is 17.6 Å². The quantitative estimate of drug-likeness (QED) is 0.152. The Morgan fingerprint density at radius 1 is 0.949 bits per heavy atom. The topological polar surface area (TPSA) is 63.2 Å². The number of carbonyl (C=O) groups is 3. The highest BCUT2D eigenvalue weighted by molar-refractivity contribution is 6.53. The van der Waals surface area contributed by atoms with Crippen molar-refractivity contribution in [3.63, 3.8) is 0 Å². The van der Waals surface area contributed by atoms with Crippen LogP contribution in [0.1, 0.15) is 33.0 Å². The predicted octanol–water partition coefficient (Wildman–Crippen LogP) is 7.60. The third-order valence-electron chi connectivity index (χ3n) is 6.29. The van der Waals surface area contributed by atoms with E-state index >= 15 is 0 Å². The Morgan fingerprint density at radius 3 is 2.33 bits per heavy atom. The molecule has 4 nitrogen and oxygen atoms in total. The molecule has 1 aliphatic rings. The highest BCUT2D eigenvalue weighted by atomic mass is 35.5. The van der Waals surface area contributed by atoms with Gasteiger partial charge in [0.1, 0.15) is 16.0 Å². The number of halogens is 8. The normalized spacial score (nSPS) is 17.7. The van der Waals surface area contributed by atoms with E-state index < -0.39 is 70.1 Å². The van der Waals surface area contributed by atoms with E-state index in [0.717, 1.165) is 12.1 Å². The van der Waals surface area contributed by atoms with Crippen LogP contribution in [0.5, 0.6) is 0 Å². The molecule has 12 heteroatoms. The Balaban J connectivity index is 1.51. The van der Waals surface area contributed by atoms with Crippen molar-refractivity contribution in [2.45, 2.75) is 29.5 Å². The lowest BCUT2D eigenvalue weighted by molar-refractivity contribution is -0.128. The second-order valence-corrected chi connectivity index (χ2v) is 11.2. The zero-order chi connectivity index (χ0) is 28.6. The maximum absolute atomic E-state index is 14.8. The van der Waals surface area contributed by atoms with E-state index in [-0.39, 0.29) is 21.8 Å². The van der Waals surface area contributed by atoms with E-state index in [1.807, 2.05) is 0 Å². The van der Waals surface area contributed by atoms with Crippen molar-refractivity contribution in [2.24, 2.45) is 5.92 Å². The van der Waals surface area contributed by atoms with Crippen LogP contribution < -0.4 is 5.32 Å². The Morgan fingerprint density at radius 2 is 1.67 bits per heavy atom. The number of Topliss-reactive ketones (excluding diaryl/α,β-unsaturated/α-hetero) is 2. The van der Waals surface area contributed by atoms with Crippen molar-refractivity contribution in [3.8, 4) is 0 Å². The Labute approximate surface area is 240 Å². The smallest absolute Gasteiger partial charge is 0.296 e. The number of benzene rings is 3. The molecule has 0 aliphatic heterocycles. The van der Waals surface area contributed by atoms with Crippen molar-refractivity contribution in [1.29, 1.82) is 0 Å². The summed E-state index contributed by atoms with van der Waals surface area (Å²) in [6.45, 7) is 0.